The van der Waals surface area contributed by atoms with Gasteiger partial charge in [-0.05, 0) is 50.6 Å². The van der Waals surface area contributed by atoms with E-state index in [1.165, 1.54) is 21.7 Å². The van der Waals surface area contributed by atoms with E-state index in [0.717, 1.165) is 9.37 Å². The van der Waals surface area contributed by atoms with Crippen LogP contribution < -0.4 is 0 Å². The Labute approximate surface area is 93.9 Å². The van der Waals surface area contributed by atoms with E-state index >= 15 is 0 Å². The smallest absolute Gasteiger partial charge is 0.0253 e. The molecule has 0 radical (unpaired) electrons. The maximum Gasteiger partial charge on any atom is 0.0253 e. The van der Waals surface area contributed by atoms with E-state index in [0.29, 0.717) is 0 Å². The SMILES string of the molecule is ClSc1ccc2c(Br)cccc2c1. The van der Waals surface area contributed by atoms with Crippen LogP contribution in [0, 0.1) is 0 Å². The van der Waals surface area contributed by atoms with Crippen molar-refractivity contribution in [3.8, 4) is 0 Å². The molecule has 2 rings (SSSR count). The van der Waals surface area contributed by atoms with Gasteiger partial charge in [-0.2, -0.15) is 0 Å². The highest BCUT2D eigenvalue weighted by Crippen LogP contribution is 2.29. The summed E-state index contributed by atoms with van der Waals surface area (Å²) in [5, 5.41) is 2.43. The van der Waals surface area contributed by atoms with Gasteiger partial charge in [0.25, 0.3) is 0 Å². The van der Waals surface area contributed by atoms with Crippen LogP contribution in [0.1, 0.15) is 0 Å². The van der Waals surface area contributed by atoms with Gasteiger partial charge in [0.2, 0.25) is 0 Å². The quantitative estimate of drug-likeness (QED) is 0.716. The minimum Gasteiger partial charge on any atom is -0.0605 e. The molecule has 3 heteroatoms. The van der Waals surface area contributed by atoms with Gasteiger partial charge in [-0.3, -0.25) is 0 Å². The highest BCUT2D eigenvalue weighted by atomic mass is 79.9. The lowest BCUT2D eigenvalue weighted by Crippen LogP contribution is -1.74. The summed E-state index contributed by atoms with van der Waals surface area (Å²) in [5.41, 5.74) is 0. The summed E-state index contributed by atoms with van der Waals surface area (Å²) in [7, 11) is 6.92. The molecular weight excluding hydrogens is 268 g/mol. The molecule has 0 nitrogen and oxygen atoms in total. The highest BCUT2D eigenvalue weighted by molar-refractivity contribution is 9.10. The molecule has 0 N–H and O–H groups in total. The fourth-order valence-electron chi connectivity index (χ4n) is 1.27. The molecule has 0 aliphatic heterocycles. The monoisotopic (exact) mass is 272 g/mol. The lowest BCUT2D eigenvalue weighted by molar-refractivity contribution is 1.52. The zero-order chi connectivity index (χ0) is 9.26. The van der Waals surface area contributed by atoms with E-state index in [1.54, 1.807) is 0 Å². The second kappa shape index (κ2) is 3.91. The summed E-state index contributed by atoms with van der Waals surface area (Å²) in [4.78, 5) is 1.08. The van der Waals surface area contributed by atoms with Crippen molar-refractivity contribution in [3.63, 3.8) is 0 Å². The first-order valence-electron chi connectivity index (χ1n) is 3.78. The Balaban J connectivity index is 2.72. The molecule has 2 aromatic rings. The van der Waals surface area contributed by atoms with E-state index in [-0.39, 0.29) is 0 Å². The fraction of sp³-hybridized carbons (Fsp3) is 0. The zero-order valence-electron chi connectivity index (χ0n) is 6.63. The third kappa shape index (κ3) is 1.85. The first-order valence-corrected chi connectivity index (χ1v) is 6.22. The summed E-state index contributed by atoms with van der Waals surface area (Å²) in [6, 6.07) is 12.3. The van der Waals surface area contributed by atoms with Crippen LogP contribution in [-0.2, 0) is 0 Å². The molecule has 0 saturated heterocycles. The minimum absolute atomic E-state index is 1.08. The lowest BCUT2D eigenvalue weighted by Gasteiger charge is -2.01. The maximum atomic E-state index is 5.67. The standard InChI is InChI=1S/C10H6BrClS/c11-10-3-1-2-7-6-8(13-12)4-5-9(7)10/h1-6H. The average molecular weight is 274 g/mol. The number of rotatable bonds is 1. The third-order valence-corrected chi connectivity index (χ3v) is 3.55. The predicted molar refractivity (Wildman–Crippen MR) is 63.4 cm³/mol. The van der Waals surface area contributed by atoms with Crippen LogP contribution in [0.3, 0.4) is 0 Å². The van der Waals surface area contributed by atoms with Crippen LogP contribution in [-0.4, -0.2) is 0 Å². The predicted octanol–water partition coefficient (Wildman–Crippen LogP) is 4.85. The molecule has 13 heavy (non-hydrogen) atoms. The van der Waals surface area contributed by atoms with E-state index in [1.807, 2.05) is 18.2 Å². The molecule has 0 atom stereocenters. The van der Waals surface area contributed by atoms with Gasteiger partial charge in [-0.25, -0.2) is 0 Å². The molecule has 2 aromatic carbocycles. The van der Waals surface area contributed by atoms with Gasteiger partial charge in [-0.1, -0.05) is 34.1 Å². The first-order chi connectivity index (χ1) is 6.31. The summed E-state index contributed by atoms with van der Waals surface area (Å²) < 4.78 is 1.12. The summed E-state index contributed by atoms with van der Waals surface area (Å²) in [6.07, 6.45) is 0. The molecule has 0 saturated carbocycles. The van der Waals surface area contributed by atoms with Crippen molar-refractivity contribution in [2.75, 3.05) is 0 Å². The maximum absolute atomic E-state index is 5.67. The Kier molecular flexibility index (Phi) is 2.82. The zero-order valence-corrected chi connectivity index (χ0v) is 9.79. The molecular formula is C10H6BrClS. The van der Waals surface area contributed by atoms with Crippen LogP contribution in [0.25, 0.3) is 10.8 Å². The molecule has 0 bridgehead atoms. The molecule has 0 fully saturated rings. The summed E-state index contributed by atoms with van der Waals surface area (Å²) >= 11 is 3.50. The summed E-state index contributed by atoms with van der Waals surface area (Å²) in [5.74, 6) is 0. The van der Waals surface area contributed by atoms with Crippen LogP contribution in [0.2, 0.25) is 0 Å². The molecule has 0 unspecified atom stereocenters. The molecule has 0 amide bonds. The van der Waals surface area contributed by atoms with E-state index in [4.69, 9.17) is 10.7 Å². The Morgan fingerprint density at radius 2 is 2.00 bits per heavy atom. The van der Waals surface area contributed by atoms with E-state index in [9.17, 15) is 0 Å². The molecule has 0 aromatic heterocycles. The Morgan fingerprint density at radius 1 is 1.15 bits per heavy atom. The van der Waals surface area contributed by atoms with E-state index < -0.39 is 0 Å². The van der Waals surface area contributed by atoms with Crippen LogP contribution >= 0.6 is 37.6 Å². The van der Waals surface area contributed by atoms with Gasteiger partial charge in [0.15, 0.2) is 0 Å². The van der Waals surface area contributed by atoms with Gasteiger partial charge in [0, 0.05) is 9.37 Å². The van der Waals surface area contributed by atoms with Gasteiger partial charge >= 0.3 is 0 Å². The second-order valence-electron chi connectivity index (χ2n) is 2.70. The van der Waals surface area contributed by atoms with Crippen molar-refractivity contribution in [3.05, 3.63) is 40.9 Å². The van der Waals surface area contributed by atoms with Gasteiger partial charge < -0.3 is 0 Å². The van der Waals surface area contributed by atoms with Crippen molar-refractivity contribution in [1.82, 2.24) is 0 Å². The molecule has 0 heterocycles. The van der Waals surface area contributed by atoms with Crippen LogP contribution in [0.4, 0.5) is 0 Å². The van der Waals surface area contributed by atoms with Crippen LogP contribution in [0.5, 0.6) is 0 Å². The highest BCUT2D eigenvalue weighted by Gasteiger charge is 1.98. The second-order valence-corrected chi connectivity index (χ2v) is 4.64. The van der Waals surface area contributed by atoms with Crippen molar-refractivity contribution in [2.24, 2.45) is 0 Å². The van der Waals surface area contributed by atoms with Gasteiger partial charge in [-0.15, -0.1) is 0 Å². The topological polar surface area (TPSA) is 0 Å². The molecule has 0 aliphatic rings. The summed E-state index contributed by atoms with van der Waals surface area (Å²) in [6.45, 7) is 0. The van der Waals surface area contributed by atoms with Gasteiger partial charge in [0.05, 0.1) is 0 Å². The van der Waals surface area contributed by atoms with Gasteiger partial charge in [0.1, 0.15) is 0 Å². The normalized spacial score (nSPS) is 10.6. The first kappa shape index (κ1) is 9.38. The minimum atomic E-state index is 1.08. The van der Waals surface area contributed by atoms with Crippen molar-refractivity contribution >= 4 is 48.4 Å². The number of benzene rings is 2. The number of hydrogen-bond acceptors (Lipinski definition) is 1. The largest absolute Gasteiger partial charge is 0.0605 e. The van der Waals surface area contributed by atoms with E-state index in [2.05, 4.69) is 34.1 Å². The number of fused-ring (bicyclic) bond motifs is 1. The van der Waals surface area contributed by atoms with Crippen molar-refractivity contribution in [1.29, 1.82) is 0 Å². The van der Waals surface area contributed by atoms with Crippen LogP contribution in [0.15, 0.2) is 45.8 Å². The Morgan fingerprint density at radius 3 is 2.77 bits per heavy atom. The number of halogens is 2. The third-order valence-electron chi connectivity index (χ3n) is 1.89. The average Bonchev–Trinajstić information content (AvgIpc) is 2.18. The Bertz CT molecular complexity index is 442. The van der Waals surface area contributed by atoms with Crippen molar-refractivity contribution < 1.29 is 0 Å². The molecule has 66 valence electrons. The number of hydrogen-bond donors (Lipinski definition) is 0. The Hall–Kier alpha value is -0.180. The molecule has 0 aliphatic carbocycles. The lowest BCUT2D eigenvalue weighted by atomic mass is 10.1. The van der Waals surface area contributed by atoms with Crippen molar-refractivity contribution in [2.45, 2.75) is 4.90 Å². The molecule has 0 spiro atoms. The fourth-order valence-corrected chi connectivity index (χ4v) is 2.36.